The summed E-state index contributed by atoms with van der Waals surface area (Å²) in [6.07, 6.45) is 4.76. The molecule has 4 rings (SSSR count). The molecule has 0 N–H and O–H groups in total. The van der Waals surface area contributed by atoms with E-state index < -0.39 is 11.8 Å². The number of pyridine rings is 1. The van der Waals surface area contributed by atoms with Gasteiger partial charge in [-0.15, -0.1) is 0 Å². The van der Waals surface area contributed by atoms with Gasteiger partial charge in [0.1, 0.15) is 23.2 Å². The number of nitriles is 1. The molecule has 1 aliphatic rings. The second-order valence-corrected chi connectivity index (χ2v) is 7.85. The van der Waals surface area contributed by atoms with Gasteiger partial charge in [0.05, 0.1) is 6.54 Å². The van der Waals surface area contributed by atoms with Crippen molar-refractivity contribution in [2.45, 2.75) is 13.5 Å². The van der Waals surface area contributed by atoms with Crippen molar-refractivity contribution in [1.29, 1.82) is 5.26 Å². The van der Waals surface area contributed by atoms with Crippen molar-refractivity contribution >= 4 is 33.8 Å². The highest BCUT2D eigenvalue weighted by molar-refractivity contribution is 9.10. The maximum Gasteiger partial charge on any atom is 0.271 e. The molecule has 0 spiro atoms. The van der Waals surface area contributed by atoms with E-state index in [9.17, 15) is 14.9 Å². The summed E-state index contributed by atoms with van der Waals surface area (Å²) in [4.78, 5) is 31.0. The van der Waals surface area contributed by atoms with Gasteiger partial charge in [0.15, 0.2) is 0 Å². The molecule has 3 aromatic rings. The third-order valence-electron chi connectivity index (χ3n) is 4.93. The van der Waals surface area contributed by atoms with E-state index in [-0.39, 0.29) is 17.7 Å². The predicted molar refractivity (Wildman–Crippen MR) is 118 cm³/mol. The third kappa shape index (κ3) is 4.11. The second kappa shape index (κ2) is 8.54. The molecule has 0 aliphatic carbocycles. The number of hydrogen-bond acceptors (Lipinski definition) is 5. The molecule has 2 amide bonds. The predicted octanol–water partition coefficient (Wildman–Crippen LogP) is 4.90. The van der Waals surface area contributed by atoms with Crippen LogP contribution in [-0.4, -0.2) is 21.7 Å². The van der Waals surface area contributed by atoms with E-state index in [1.807, 2.05) is 36.4 Å². The minimum atomic E-state index is -0.610. The van der Waals surface area contributed by atoms with Crippen LogP contribution in [0.5, 0.6) is 0 Å². The second-order valence-electron chi connectivity index (χ2n) is 6.94. The number of halogens is 1. The Labute approximate surface area is 187 Å². The number of amides is 2. The Morgan fingerprint density at radius 1 is 1.13 bits per heavy atom. The monoisotopic (exact) mass is 473 g/mol. The molecule has 3 heterocycles. The molecule has 0 saturated carbocycles. The first-order valence-corrected chi connectivity index (χ1v) is 10.2. The molecule has 1 aromatic carbocycles. The lowest BCUT2D eigenvalue weighted by Gasteiger charge is -2.27. The summed E-state index contributed by atoms with van der Waals surface area (Å²) in [5.41, 5.74) is 2.10. The normalized spacial score (nSPS) is 15.5. The van der Waals surface area contributed by atoms with Crippen molar-refractivity contribution in [1.82, 2.24) is 9.88 Å². The van der Waals surface area contributed by atoms with Gasteiger partial charge in [0.25, 0.3) is 11.8 Å². The molecule has 6 nitrogen and oxygen atoms in total. The van der Waals surface area contributed by atoms with Crippen molar-refractivity contribution in [3.63, 3.8) is 0 Å². The van der Waals surface area contributed by atoms with E-state index >= 15 is 0 Å². The topological polar surface area (TPSA) is 87.2 Å². The SMILES string of the molecule is CC1=C(C#N)C(=O)N(Cc2cccnc2)C(=O)/C1=C/c1ccc(-c2ccc(Br)cc2)o1. The number of imide groups is 1. The molecule has 7 heteroatoms. The molecule has 0 fully saturated rings. The van der Waals surface area contributed by atoms with Gasteiger partial charge < -0.3 is 4.42 Å². The number of hydrogen-bond donors (Lipinski definition) is 0. The van der Waals surface area contributed by atoms with Crippen LogP contribution in [0, 0.1) is 11.3 Å². The maximum atomic E-state index is 13.2. The number of carbonyl (C=O) groups excluding carboxylic acids is 2. The van der Waals surface area contributed by atoms with Crippen molar-refractivity contribution in [3.8, 4) is 17.4 Å². The van der Waals surface area contributed by atoms with Crippen LogP contribution in [0.25, 0.3) is 17.4 Å². The number of furan rings is 1. The zero-order valence-electron chi connectivity index (χ0n) is 16.5. The molecular formula is C24H16BrN3O3. The van der Waals surface area contributed by atoms with E-state index in [1.54, 1.807) is 43.6 Å². The maximum absolute atomic E-state index is 13.2. The smallest absolute Gasteiger partial charge is 0.271 e. The first-order chi connectivity index (χ1) is 15.0. The van der Waals surface area contributed by atoms with E-state index in [2.05, 4.69) is 20.9 Å². The summed E-state index contributed by atoms with van der Waals surface area (Å²) in [6, 6.07) is 16.6. The number of benzene rings is 1. The average Bonchev–Trinajstić information content (AvgIpc) is 3.24. The van der Waals surface area contributed by atoms with Gasteiger partial charge in [-0.2, -0.15) is 5.26 Å². The third-order valence-corrected chi connectivity index (χ3v) is 5.46. The summed E-state index contributed by atoms with van der Waals surface area (Å²) >= 11 is 3.40. The Kier molecular flexibility index (Phi) is 5.65. The number of aromatic nitrogens is 1. The Morgan fingerprint density at radius 2 is 1.90 bits per heavy atom. The van der Waals surface area contributed by atoms with Gasteiger partial charge >= 0.3 is 0 Å². The first kappa shape index (κ1) is 20.5. The molecule has 152 valence electrons. The van der Waals surface area contributed by atoms with E-state index in [1.165, 1.54) is 0 Å². The Hall–Kier alpha value is -3.76. The van der Waals surface area contributed by atoms with Gasteiger partial charge in [0.2, 0.25) is 0 Å². The minimum Gasteiger partial charge on any atom is -0.457 e. The Bertz CT molecular complexity index is 1270. The molecular weight excluding hydrogens is 458 g/mol. The molecule has 0 radical (unpaired) electrons. The lowest BCUT2D eigenvalue weighted by atomic mass is 9.94. The summed E-state index contributed by atoms with van der Waals surface area (Å²) < 4.78 is 6.85. The van der Waals surface area contributed by atoms with Crippen LogP contribution in [0.4, 0.5) is 0 Å². The largest absolute Gasteiger partial charge is 0.457 e. The quantitative estimate of drug-likeness (QED) is 0.397. The van der Waals surface area contributed by atoms with Crippen LogP contribution >= 0.6 is 15.9 Å². The standard InChI is InChI=1S/C24H16BrN3O3/c1-15-20(11-19-8-9-22(31-19)17-4-6-18(25)7-5-17)23(29)28(24(30)21(15)12-26)14-16-3-2-10-27-13-16/h2-11,13H,14H2,1H3/b20-11+. The lowest BCUT2D eigenvalue weighted by Crippen LogP contribution is -2.42. The van der Waals surface area contributed by atoms with E-state index in [0.717, 1.165) is 14.9 Å². The Morgan fingerprint density at radius 3 is 2.58 bits per heavy atom. The fourth-order valence-corrected chi connectivity index (χ4v) is 3.55. The van der Waals surface area contributed by atoms with Gasteiger partial charge in [-0.25, -0.2) is 0 Å². The highest BCUT2D eigenvalue weighted by Crippen LogP contribution is 2.30. The minimum absolute atomic E-state index is 0.0314. The highest BCUT2D eigenvalue weighted by Gasteiger charge is 2.35. The summed E-state index contributed by atoms with van der Waals surface area (Å²) in [5.74, 6) is 0.00886. The summed E-state index contributed by atoms with van der Waals surface area (Å²) in [5, 5.41) is 9.53. The zero-order chi connectivity index (χ0) is 22.0. The fraction of sp³-hybridized carbons (Fsp3) is 0.0833. The average molecular weight is 474 g/mol. The number of rotatable bonds is 4. The first-order valence-electron chi connectivity index (χ1n) is 9.42. The van der Waals surface area contributed by atoms with E-state index in [0.29, 0.717) is 22.7 Å². The lowest BCUT2D eigenvalue weighted by molar-refractivity contribution is -0.141. The van der Waals surface area contributed by atoms with Crippen LogP contribution < -0.4 is 0 Å². The van der Waals surface area contributed by atoms with Crippen LogP contribution in [0.1, 0.15) is 18.2 Å². The van der Waals surface area contributed by atoms with Gasteiger partial charge in [-0.3, -0.25) is 19.5 Å². The van der Waals surface area contributed by atoms with Crippen molar-refractivity contribution in [2.24, 2.45) is 0 Å². The van der Waals surface area contributed by atoms with Crippen molar-refractivity contribution in [3.05, 3.63) is 93.4 Å². The van der Waals surface area contributed by atoms with Crippen molar-refractivity contribution < 1.29 is 14.0 Å². The number of carbonyl (C=O) groups is 2. The van der Waals surface area contributed by atoms with Gasteiger partial charge in [-0.1, -0.05) is 34.1 Å². The molecule has 0 saturated heterocycles. The van der Waals surface area contributed by atoms with Crippen LogP contribution in [0.15, 0.2) is 86.5 Å². The highest BCUT2D eigenvalue weighted by atomic mass is 79.9. The zero-order valence-corrected chi connectivity index (χ0v) is 18.1. The molecule has 31 heavy (non-hydrogen) atoms. The van der Waals surface area contributed by atoms with Gasteiger partial charge in [-0.05, 0) is 54.5 Å². The molecule has 0 unspecified atom stereocenters. The molecule has 0 bridgehead atoms. The Balaban J connectivity index is 1.71. The summed E-state index contributed by atoms with van der Waals surface area (Å²) in [7, 11) is 0. The summed E-state index contributed by atoms with van der Waals surface area (Å²) in [6.45, 7) is 1.63. The van der Waals surface area contributed by atoms with Crippen LogP contribution in [-0.2, 0) is 16.1 Å². The molecule has 0 atom stereocenters. The van der Waals surface area contributed by atoms with Crippen LogP contribution in [0.3, 0.4) is 0 Å². The fourth-order valence-electron chi connectivity index (χ4n) is 3.29. The molecule has 1 aliphatic heterocycles. The number of nitrogens with zero attached hydrogens (tertiary/aromatic N) is 3. The van der Waals surface area contributed by atoms with Crippen molar-refractivity contribution in [2.75, 3.05) is 0 Å². The van der Waals surface area contributed by atoms with Gasteiger partial charge in [0, 0.05) is 28.0 Å². The van der Waals surface area contributed by atoms with E-state index in [4.69, 9.17) is 4.42 Å². The molecule has 2 aromatic heterocycles. The van der Waals surface area contributed by atoms with Crippen LogP contribution in [0.2, 0.25) is 0 Å².